The van der Waals surface area contributed by atoms with Crippen LogP contribution in [-0.4, -0.2) is 17.1 Å². The molecule has 1 aromatic rings. The van der Waals surface area contributed by atoms with E-state index in [-0.39, 0.29) is 18.4 Å². The van der Waals surface area contributed by atoms with E-state index in [4.69, 9.17) is 10.8 Å². The van der Waals surface area contributed by atoms with Gasteiger partial charge in [0.15, 0.2) is 0 Å². The summed E-state index contributed by atoms with van der Waals surface area (Å²) in [4.78, 5) is 10.6. The second-order valence-electron chi connectivity index (χ2n) is 4.30. The zero-order valence-electron chi connectivity index (χ0n) is 10.2. The first-order valence-corrected chi connectivity index (χ1v) is 5.82. The van der Waals surface area contributed by atoms with Crippen molar-refractivity contribution in [2.75, 3.05) is 0 Å². The van der Waals surface area contributed by atoms with Gasteiger partial charge in [0, 0.05) is 12.0 Å². The molecule has 0 radical (unpaired) electrons. The van der Waals surface area contributed by atoms with E-state index in [1.165, 1.54) is 18.2 Å². The van der Waals surface area contributed by atoms with E-state index in [0.717, 1.165) is 0 Å². The Bertz CT molecular complexity index is 421. The third-order valence-electron chi connectivity index (χ3n) is 2.69. The van der Waals surface area contributed by atoms with E-state index < -0.39 is 17.9 Å². The van der Waals surface area contributed by atoms with Crippen LogP contribution in [0.25, 0.3) is 0 Å². The first-order valence-electron chi connectivity index (χ1n) is 5.82. The summed E-state index contributed by atoms with van der Waals surface area (Å²) in [5.41, 5.74) is 5.81. The predicted octanol–water partition coefficient (Wildman–Crippen LogP) is 2.53. The van der Waals surface area contributed by atoms with Crippen LogP contribution in [0.2, 0.25) is 0 Å². The molecule has 0 fully saturated rings. The van der Waals surface area contributed by atoms with Gasteiger partial charge in [0.1, 0.15) is 6.04 Å². The number of carboxylic acids is 1. The number of carboxylic acid groups (broad SMARTS) is 1. The highest BCUT2D eigenvalue weighted by molar-refractivity contribution is 5.73. The molecule has 0 amide bonds. The molecule has 0 heterocycles. The zero-order valence-corrected chi connectivity index (χ0v) is 10.2. The summed E-state index contributed by atoms with van der Waals surface area (Å²) in [6.45, 7) is 1.69. The lowest BCUT2D eigenvalue weighted by Gasteiger charge is -2.17. The topological polar surface area (TPSA) is 63.3 Å². The van der Waals surface area contributed by atoms with Crippen LogP contribution in [0.4, 0.5) is 8.78 Å². The lowest BCUT2D eigenvalue weighted by atomic mass is 9.99. The van der Waals surface area contributed by atoms with Crippen LogP contribution in [0, 0.1) is 0 Å². The molecule has 100 valence electrons. The number of nitrogens with two attached hydrogens (primary N) is 1. The van der Waals surface area contributed by atoms with Gasteiger partial charge in [-0.15, -0.1) is 0 Å². The lowest BCUT2D eigenvalue weighted by Crippen LogP contribution is -2.32. The fourth-order valence-electron chi connectivity index (χ4n) is 1.73. The normalized spacial score (nSPS) is 13.3. The van der Waals surface area contributed by atoms with Gasteiger partial charge >= 0.3 is 5.97 Å². The fourth-order valence-corrected chi connectivity index (χ4v) is 1.73. The van der Waals surface area contributed by atoms with E-state index in [1.54, 1.807) is 13.0 Å². The highest BCUT2D eigenvalue weighted by Gasteiger charge is 2.30. The quantitative estimate of drug-likeness (QED) is 0.823. The minimum Gasteiger partial charge on any atom is -0.480 e. The van der Waals surface area contributed by atoms with Crippen molar-refractivity contribution < 1.29 is 18.7 Å². The van der Waals surface area contributed by atoms with Crippen LogP contribution < -0.4 is 5.73 Å². The first-order chi connectivity index (χ1) is 8.36. The molecule has 0 saturated heterocycles. The molecular formula is C13H17F2NO2. The van der Waals surface area contributed by atoms with Gasteiger partial charge in [-0.25, -0.2) is 8.78 Å². The van der Waals surface area contributed by atoms with Crippen molar-refractivity contribution in [3.8, 4) is 0 Å². The van der Waals surface area contributed by atoms with Crippen molar-refractivity contribution in [2.45, 2.75) is 38.2 Å². The molecule has 0 aliphatic heterocycles. The van der Waals surface area contributed by atoms with Crippen LogP contribution in [0.5, 0.6) is 0 Å². The molecule has 1 aromatic carbocycles. The molecule has 0 saturated carbocycles. The number of benzene rings is 1. The Morgan fingerprint density at radius 3 is 2.72 bits per heavy atom. The van der Waals surface area contributed by atoms with Gasteiger partial charge in [0.05, 0.1) is 0 Å². The maximum atomic E-state index is 13.7. The Morgan fingerprint density at radius 1 is 1.50 bits per heavy atom. The largest absolute Gasteiger partial charge is 0.480 e. The minimum atomic E-state index is -2.88. The van der Waals surface area contributed by atoms with Crippen molar-refractivity contribution in [2.24, 2.45) is 5.73 Å². The molecule has 3 N–H and O–H groups in total. The summed E-state index contributed by atoms with van der Waals surface area (Å²) in [5.74, 6) is -4.02. The minimum absolute atomic E-state index is 0.0470. The molecule has 5 heteroatoms. The van der Waals surface area contributed by atoms with Gasteiger partial charge < -0.3 is 10.8 Å². The number of aliphatic carboxylic acids is 1. The molecule has 0 aliphatic rings. The Morgan fingerprint density at radius 2 is 2.17 bits per heavy atom. The number of hydrogen-bond acceptors (Lipinski definition) is 2. The molecule has 1 atom stereocenters. The van der Waals surface area contributed by atoms with Crippen LogP contribution in [0.1, 0.15) is 30.9 Å². The average molecular weight is 257 g/mol. The summed E-state index contributed by atoms with van der Waals surface area (Å²) in [6.07, 6.45) is 0.207. The van der Waals surface area contributed by atoms with Crippen LogP contribution in [0.15, 0.2) is 24.3 Å². The second-order valence-corrected chi connectivity index (χ2v) is 4.30. The summed E-state index contributed by atoms with van der Waals surface area (Å²) in [5, 5.41) is 8.68. The maximum Gasteiger partial charge on any atom is 0.320 e. The smallest absolute Gasteiger partial charge is 0.320 e. The first kappa shape index (κ1) is 14.6. The Balaban J connectivity index is 2.89. The number of alkyl halides is 2. The number of carbonyl (C=O) groups is 1. The van der Waals surface area contributed by atoms with E-state index >= 15 is 0 Å². The number of rotatable bonds is 6. The molecule has 1 rings (SSSR count). The predicted molar refractivity (Wildman–Crippen MR) is 64.6 cm³/mol. The number of halogens is 2. The molecule has 0 spiro atoms. The maximum absolute atomic E-state index is 13.7. The molecule has 1 unspecified atom stereocenters. The zero-order chi connectivity index (χ0) is 13.8. The van der Waals surface area contributed by atoms with E-state index in [0.29, 0.717) is 12.0 Å². The third-order valence-corrected chi connectivity index (χ3v) is 2.69. The summed E-state index contributed by atoms with van der Waals surface area (Å²) in [7, 11) is 0. The molecule has 18 heavy (non-hydrogen) atoms. The number of hydrogen-bond donors (Lipinski definition) is 2. The Hall–Kier alpha value is -1.49. The average Bonchev–Trinajstić information content (AvgIpc) is 2.29. The lowest BCUT2D eigenvalue weighted by molar-refractivity contribution is -0.138. The monoisotopic (exact) mass is 257 g/mol. The van der Waals surface area contributed by atoms with Gasteiger partial charge in [0.25, 0.3) is 5.92 Å². The van der Waals surface area contributed by atoms with Crippen molar-refractivity contribution in [3.05, 3.63) is 35.4 Å². The Labute approximate surface area is 105 Å². The van der Waals surface area contributed by atoms with Gasteiger partial charge in [-0.3, -0.25) is 4.79 Å². The molecular weight excluding hydrogens is 240 g/mol. The second kappa shape index (κ2) is 5.91. The molecule has 3 nitrogen and oxygen atoms in total. The summed E-state index contributed by atoms with van der Waals surface area (Å²) >= 11 is 0. The molecule has 0 aliphatic carbocycles. The van der Waals surface area contributed by atoms with Crippen molar-refractivity contribution >= 4 is 5.97 Å². The molecule has 0 bridgehead atoms. The van der Waals surface area contributed by atoms with Gasteiger partial charge in [-0.1, -0.05) is 31.5 Å². The van der Waals surface area contributed by atoms with Crippen molar-refractivity contribution in [3.63, 3.8) is 0 Å². The van der Waals surface area contributed by atoms with Gasteiger partial charge in [-0.05, 0) is 18.1 Å². The van der Waals surface area contributed by atoms with E-state index in [1.807, 2.05) is 0 Å². The highest BCUT2D eigenvalue weighted by atomic mass is 19.3. The molecule has 0 aromatic heterocycles. The van der Waals surface area contributed by atoms with Gasteiger partial charge in [-0.2, -0.15) is 0 Å². The van der Waals surface area contributed by atoms with Gasteiger partial charge in [0.2, 0.25) is 0 Å². The van der Waals surface area contributed by atoms with Crippen LogP contribution in [0.3, 0.4) is 0 Å². The Kier molecular flexibility index (Phi) is 4.78. The van der Waals surface area contributed by atoms with Crippen LogP contribution in [-0.2, 0) is 17.1 Å². The third kappa shape index (κ3) is 3.77. The SMILES string of the molecule is CCCC(F)(F)c1cccc(CC(N)C(=O)O)c1. The van der Waals surface area contributed by atoms with Crippen LogP contribution >= 0.6 is 0 Å². The summed E-state index contributed by atoms with van der Waals surface area (Å²) in [6, 6.07) is 4.72. The van der Waals surface area contributed by atoms with E-state index in [2.05, 4.69) is 0 Å². The highest BCUT2D eigenvalue weighted by Crippen LogP contribution is 2.33. The van der Waals surface area contributed by atoms with Crippen molar-refractivity contribution in [1.82, 2.24) is 0 Å². The fraction of sp³-hybridized carbons (Fsp3) is 0.462. The van der Waals surface area contributed by atoms with E-state index in [9.17, 15) is 13.6 Å². The van der Waals surface area contributed by atoms with Crippen molar-refractivity contribution in [1.29, 1.82) is 0 Å². The standard InChI is InChI=1S/C13H17F2NO2/c1-2-6-13(14,15)10-5-3-4-9(7-10)8-11(16)12(17)18/h3-5,7,11H,2,6,8,16H2,1H3,(H,17,18). The summed E-state index contributed by atoms with van der Waals surface area (Å²) < 4.78 is 27.4.